The monoisotopic (exact) mass is 544 g/mol. The summed E-state index contributed by atoms with van der Waals surface area (Å²) in [5, 5.41) is 3.24. The third kappa shape index (κ3) is 4.98. The minimum Gasteiger partial charge on any atom is -0.497 e. The Bertz CT molecular complexity index is 1220. The molecule has 1 aliphatic rings. The number of anilines is 1. The minimum absolute atomic E-state index is 0.111. The van der Waals surface area contributed by atoms with Gasteiger partial charge in [0.1, 0.15) is 23.3 Å². The number of carbonyl (C=O) groups is 2. The van der Waals surface area contributed by atoms with Gasteiger partial charge in [0.05, 0.1) is 25.8 Å². The molecule has 1 N–H and O–H groups in total. The Morgan fingerprint density at radius 3 is 2.62 bits per heavy atom. The van der Waals surface area contributed by atoms with Gasteiger partial charge in [-0.15, -0.1) is 0 Å². The number of ether oxygens (including phenoxy) is 3. The van der Waals surface area contributed by atoms with Gasteiger partial charge in [-0.2, -0.15) is 0 Å². The van der Waals surface area contributed by atoms with Crippen molar-refractivity contribution < 1.29 is 23.8 Å². The van der Waals surface area contributed by atoms with E-state index in [-0.39, 0.29) is 19.1 Å². The number of benzene rings is 3. The Morgan fingerprint density at radius 2 is 1.91 bits per heavy atom. The molecule has 0 aromatic heterocycles. The highest BCUT2D eigenvalue weighted by Crippen LogP contribution is 2.39. The fourth-order valence-electron chi connectivity index (χ4n) is 3.79. The van der Waals surface area contributed by atoms with Crippen molar-refractivity contribution in [2.24, 2.45) is 0 Å². The summed E-state index contributed by atoms with van der Waals surface area (Å²) in [5.74, 6) is 0.722. The zero-order valence-electron chi connectivity index (χ0n) is 18.5. The maximum Gasteiger partial charge on any atom is 0.261 e. The van der Waals surface area contributed by atoms with Gasteiger partial charge < -0.3 is 24.4 Å². The van der Waals surface area contributed by atoms with Gasteiger partial charge in [-0.1, -0.05) is 39.7 Å². The van der Waals surface area contributed by atoms with Crippen molar-refractivity contribution in [3.8, 4) is 17.2 Å². The molecule has 7 nitrogen and oxygen atoms in total. The maximum atomic E-state index is 13.6. The van der Waals surface area contributed by atoms with Crippen LogP contribution in [0, 0.1) is 0 Å². The Balaban J connectivity index is 1.76. The van der Waals surface area contributed by atoms with Gasteiger partial charge in [0.2, 0.25) is 0 Å². The molecule has 2 amide bonds. The van der Waals surface area contributed by atoms with Crippen molar-refractivity contribution in [3.63, 3.8) is 0 Å². The molecule has 3 aromatic rings. The highest BCUT2D eigenvalue weighted by atomic mass is 79.9. The third-order valence-corrected chi connectivity index (χ3v) is 6.29. The second-order valence-corrected chi connectivity index (χ2v) is 8.87. The summed E-state index contributed by atoms with van der Waals surface area (Å²) < 4.78 is 17.4. The molecule has 3 aromatic carbocycles. The predicted molar refractivity (Wildman–Crippen MR) is 133 cm³/mol. The van der Waals surface area contributed by atoms with Crippen LogP contribution in [0.15, 0.2) is 65.1 Å². The van der Waals surface area contributed by atoms with Crippen molar-refractivity contribution in [2.45, 2.75) is 12.6 Å². The van der Waals surface area contributed by atoms with Gasteiger partial charge in [-0.05, 0) is 42.5 Å². The Morgan fingerprint density at radius 1 is 1.15 bits per heavy atom. The largest absolute Gasteiger partial charge is 0.497 e. The molecule has 34 heavy (non-hydrogen) atoms. The van der Waals surface area contributed by atoms with Gasteiger partial charge in [0.25, 0.3) is 11.8 Å². The average Bonchev–Trinajstić information content (AvgIpc) is 2.98. The summed E-state index contributed by atoms with van der Waals surface area (Å²) in [6, 6.07) is 16.6. The van der Waals surface area contributed by atoms with Gasteiger partial charge >= 0.3 is 0 Å². The molecule has 0 spiro atoms. The highest BCUT2D eigenvalue weighted by molar-refractivity contribution is 9.10. The minimum atomic E-state index is -0.987. The Labute approximate surface area is 210 Å². The van der Waals surface area contributed by atoms with Crippen LogP contribution in [0.2, 0.25) is 5.02 Å². The first-order valence-corrected chi connectivity index (χ1v) is 11.6. The molecule has 1 atom stereocenters. The normalized spacial score (nSPS) is 15.1. The molecular weight excluding hydrogens is 524 g/mol. The molecule has 176 valence electrons. The maximum absolute atomic E-state index is 13.6. The van der Waals surface area contributed by atoms with Crippen LogP contribution in [0.4, 0.5) is 5.69 Å². The van der Waals surface area contributed by atoms with Crippen LogP contribution >= 0.6 is 27.5 Å². The smallest absolute Gasteiger partial charge is 0.261 e. The molecule has 0 saturated carbocycles. The van der Waals surface area contributed by atoms with E-state index in [0.717, 1.165) is 4.47 Å². The molecule has 0 saturated heterocycles. The summed E-state index contributed by atoms with van der Waals surface area (Å²) in [7, 11) is 3.10. The van der Waals surface area contributed by atoms with Crippen LogP contribution in [-0.4, -0.2) is 37.5 Å². The molecule has 1 unspecified atom stereocenters. The van der Waals surface area contributed by atoms with E-state index >= 15 is 0 Å². The van der Waals surface area contributed by atoms with Crippen molar-refractivity contribution in [3.05, 3.63) is 81.3 Å². The first kappa shape index (κ1) is 23.9. The number of carbonyl (C=O) groups excluding carboxylic acids is 2. The topological polar surface area (TPSA) is 77.1 Å². The summed E-state index contributed by atoms with van der Waals surface area (Å²) in [4.78, 5) is 28.3. The zero-order chi connectivity index (χ0) is 24.2. The lowest BCUT2D eigenvalue weighted by Crippen LogP contribution is -2.41. The second kappa shape index (κ2) is 10.4. The lowest BCUT2D eigenvalue weighted by molar-refractivity contribution is -0.140. The Kier molecular flexibility index (Phi) is 7.29. The molecule has 0 fully saturated rings. The first-order valence-electron chi connectivity index (χ1n) is 10.4. The van der Waals surface area contributed by atoms with E-state index in [1.165, 1.54) is 4.90 Å². The molecule has 0 radical (unpaired) electrons. The standard InChI is InChI=1S/C25H22BrClN2O5/c1-32-18-11-6-15(21(12-18)33-2)13-29-22(30)14-34-24-19(4-3-5-20(24)27)23(29)25(31)28-17-9-7-16(26)8-10-17/h3-12,23H,13-14H2,1-2H3,(H,28,31). The number of hydrogen-bond acceptors (Lipinski definition) is 5. The second-order valence-electron chi connectivity index (χ2n) is 7.54. The average molecular weight is 546 g/mol. The van der Waals surface area contributed by atoms with E-state index in [4.69, 9.17) is 25.8 Å². The number of rotatable bonds is 6. The summed E-state index contributed by atoms with van der Waals surface area (Å²) >= 11 is 9.76. The number of methoxy groups -OCH3 is 2. The lowest BCUT2D eigenvalue weighted by atomic mass is 10.0. The first-order chi connectivity index (χ1) is 16.4. The van der Waals surface area contributed by atoms with Crippen LogP contribution in [0.1, 0.15) is 17.2 Å². The van der Waals surface area contributed by atoms with Crippen LogP contribution in [0.3, 0.4) is 0 Å². The molecular formula is C25H22BrClN2O5. The summed E-state index contributed by atoms with van der Waals surface area (Å²) in [5.41, 5.74) is 1.81. The Hall–Kier alpha value is -3.23. The van der Waals surface area contributed by atoms with E-state index < -0.39 is 11.9 Å². The van der Waals surface area contributed by atoms with Gasteiger partial charge in [-0.3, -0.25) is 9.59 Å². The molecule has 0 bridgehead atoms. The molecule has 9 heteroatoms. The molecule has 1 heterocycles. The van der Waals surface area contributed by atoms with Crippen LogP contribution in [0.25, 0.3) is 0 Å². The van der Waals surface area contributed by atoms with Gasteiger partial charge in [-0.25, -0.2) is 0 Å². The van der Waals surface area contributed by atoms with E-state index in [2.05, 4.69) is 21.2 Å². The number of nitrogens with one attached hydrogen (secondary N) is 1. The molecule has 0 aliphatic carbocycles. The van der Waals surface area contributed by atoms with E-state index in [1.54, 1.807) is 62.8 Å². The summed E-state index contributed by atoms with van der Waals surface area (Å²) in [6.45, 7) is -0.142. The van der Waals surface area contributed by atoms with Gasteiger partial charge in [0, 0.05) is 27.4 Å². The van der Waals surface area contributed by atoms with E-state index in [0.29, 0.717) is 39.1 Å². The predicted octanol–water partition coefficient (Wildman–Crippen LogP) is 5.22. The number of nitrogens with zero attached hydrogens (tertiary/aromatic N) is 1. The molecule has 4 rings (SSSR count). The van der Waals surface area contributed by atoms with Gasteiger partial charge in [0.15, 0.2) is 6.61 Å². The van der Waals surface area contributed by atoms with E-state index in [9.17, 15) is 9.59 Å². The third-order valence-electron chi connectivity index (χ3n) is 5.46. The molecule has 1 aliphatic heterocycles. The number of hydrogen-bond donors (Lipinski definition) is 1. The number of para-hydroxylation sites is 1. The van der Waals surface area contributed by atoms with Crippen molar-refractivity contribution >= 4 is 45.0 Å². The quantitative estimate of drug-likeness (QED) is 0.460. The van der Waals surface area contributed by atoms with Crippen molar-refractivity contribution in [1.82, 2.24) is 4.90 Å². The summed E-state index contributed by atoms with van der Waals surface area (Å²) in [6.07, 6.45) is 0. The fourth-order valence-corrected chi connectivity index (χ4v) is 4.29. The highest BCUT2D eigenvalue weighted by Gasteiger charge is 2.37. The zero-order valence-corrected chi connectivity index (χ0v) is 20.9. The number of halogens is 2. The van der Waals surface area contributed by atoms with E-state index in [1.807, 2.05) is 12.1 Å². The van der Waals surface area contributed by atoms with Crippen LogP contribution in [-0.2, 0) is 16.1 Å². The van der Waals surface area contributed by atoms with Crippen LogP contribution in [0.5, 0.6) is 17.2 Å². The van der Waals surface area contributed by atoms with Crippen LogP contribution < -0.4 is 19.5 Å². The SMILES string of the molecule is COc1ccc(CN2C(=O)COc3c(Cl)cccc3C2C(=O)Nc2ccc(Br)cc2)c(OC)c1. The lowest BCUT2D eigenvalue weighted by Gasteiger charge is -2.30. The van der Waals surface area contributed by atoms with Crippen molar-refractivity contribution in [2.75, 3.05) is 26.1 Å². The number of amides is 2. The fraction of sp³-hybridized carbons (Fsp3) is 0.200. The number of fused-ring (bicyclic) bond motifs is 1. The van der Waals surface area contributed by atoms with Crippen molar-refractivity contribution in [1.29, 1.82) is 0 Å².